The summed E-state index contributed by atoms with van der Waals surface area (Å²) in [6.45, 7) is 3.92. The lowest BCUT2D eigenvalue weighted by molar-refractivity contribution is -0.384. The Bertz CT molecular complexity index is 1360. The quantitative estimate of drug-likeness (QED) is 0.161. The molecule has 0 aliphatic carbocycles. The van der Waals surface area contributed by atoms with Crippen molar-refractivity contribution < 1.29 is 19.2 Å². The highest BCUT2D eigenvalue weighted by Crippen LogP contribution is 2.38. The van der Waals surface area contributed by atoms with Crippen molar-refractivity contribution in [1.82, 2.24) is 0 Å². The highest BCUT2D eigenvalue weighted by molar-refractivity contribution is 9.10. The molecule has 0 atom stereocenters. The van der Waals surface area contributed by atoms with E-state index in [4.69, 9.17) is 9.47 Å². The molecule has 9 heteroatoms. The van der Waals surface area contributed by atoms with Crippen molar-refractivity contribution in [2.45, 2.75) is 20.5 Å². The van der Waals surface area contributed by atoms with Crippen LogP contribution in [0.5, 0.6) is 11.5 Å². The van der Waals surface area contributed by atoms with E-state index in [2.05, 4.69) is 21.2 Å². The van der Waals surface area contributed by atoms with Crippen molar-refractivity contribution in [1.29, 1.82) is 5.26 Å². The number of nitriles is 1. The van der Waals surface area contributed by atoms with Crippen molar-refractivity contribution in [2.24, 2.45) is 0 Å². The number of nitrogens with zero attached hydrogens (tertiary/aromatic N) is 2. The molecular formula is C26H22BrN3O5. The highest BCUT2D eigenvalue weighted by Gasteiger charge is 2.15. The zero-order valence-corrected chi connectivity index (χ0v) is 20.9. The lowest BCUT2D eigenvalue weighted by Crippen LogP contribution is -2.14. The van der Waals surface area contributed by atoms with E-state index in [0.29, 0.717) is 32.8 Å². The number of non-ortho nitro benzene ring substituents is 1. The van der Waals surface area contributed by atoms with E-state index >= 15 is 0 Å². The predicted octanol–water partition coefficient (Wildman–Crippen LogP) is 6.11. The van der Waals surface area contributed by atoms with Gasteiger partial charge in [-0.2, -0.15) is 5.26 Å². The number of carbonyl (C=O) groups is 1. The van der Waals surface area contributed by atoms with Crippen LogP contribution in [0.25, 0.3) is 6.08 Å². The fourth-order valence-electron chi connectivity index (χ4n) is 3.34. The van der Waals surface area contributed by atoms with Crippen LogP contribution in [0.2, 0.25) is 0 Å². The van der Waals surface area contributed by atoms with Crippen molar-refractivity contribution in [3.05, 3.63) is 97.0 Å². The minimum Gasteiger partial charge on any atom is -0.493 e. The second kappa shape index (κ2) is 11.3. The average Bonchev–Trinajstić information content (AvgIpc) is 2.83. The summed E-state index contributed by atoms with van der Waals surface area (Å²) in [6, 6.07) is 17.0. The van der Waals surface area contributed by atoms with Gasteiger partial charge in [0, 0.05) is 17.8 Å². The first-order valence-corrected chi connectivity index (χ1v) is 11.2. The number of nitro benzene ring substituents is 1. The number of benzene rings is 3. The van der Waals surface area contributed by atoms with Gasteiger partial charge in [0.05, 0.1) is 16.5 Å². The number of ether oxygens (including phenoxy) is 2. The number of amides is 1. The van der Waals surface area contributed by atoms with Crippen LogP contribution in [-0.2, 0) is 11.4 Å². The van der Waals surface area contributed by atoms with Crippen LogP contribution >= 0.6 is 15.9 Å². The number of rotatable bonds is 8. The van der Waals surface area contributed by atoms with Gasteiger partial charge in [0.25, 0.3) is 11.6 Å². The van der Waals surface area contributed by atoms with E-state index in [1.165, 1.54) is 25.3 Å². The van der Waals surface area contributed by atoms with Gasteiger partial charge >= 0.3 is 0 Å². The number of hydrogen-bond donors (Lipinski definition) is 1. The van der Waals surface area contributed by atoms with Gasteiger partial charge in [-0.3, -0.25) is 14.9 Å². The zero-order chi connectivity index (χ0) is 25.5. The molecule has 0 unspecified atom stereocenters. The first-order valence-electron chi connectivity index (χ1n) is 10.5. The maximum atomic E-state index is 12.7. The number of aryl methyl sites for hydroxylation is 2. The highest BCUT2D eigenvalue weighted by atomic mass is 79.9. The summed E-state index contributed by atoms with van der Waals surface area (Å²) < 4.78 is 11.8. The fraction of sp³-hybridized carbons (Fsp3) is 0.154. The number of nitrogens with one attached hydrogen (secondary N) is 1. The van der Waals surface area contributed by atoms with Crippen LogP contribution in [0, 0.1) is 35.3 Å². The topological polar surface area (TPSA) is 114 Å². The molecule has 1 amide bonds. The molecule has 35 heavy (non-hydrogen) atoms. The Morgan fingerprint density at radius 3 is 2.63 bits per heavy atom. The minimum absolute atomic E-state index is 0.0271. The Morgan fingerprint density at radius 2 is 1.97 bits per heavy atom. The van der Waals surface area contributed by atoms with E-state index in [0.717, 1.165) is 11.1 Å². The standard InChI is InChI=1S/C26H22BrN3O5/c1-16-7-8-23(17(2)9-16)29-26(31)20(14-28)10-19-12-22(27)25(24(13-19)34-3)35-15-18-5-4-6-21(11-18)30(32)33/h4-13H,15H2,1-3H3,(H,29,31)/b20-10+. The van der Waals surface area contributed by atoms with Crippen LogP contribution in [-0.4, -0.2) is 17.9 Å². The van der Waals surface area contributed by atoms with E-state index in [1.54, 1.807) is 30.3 Å². The molecule has 0 saturated carbocycles. The van der Waals surface area contributed by atoms with Gasteiger partial charge in [-0.15, -0.1) is 0 Å². The zero-order valence-electron chi connectivity index (χ0n) is 19.3. The summed E-state index contributed by atoms with van der Waals surface area (Å²) in [5.41, 5.74) is 3.65. The van der Waals surface area contributed by atoms with Gasteiger partial charge in [-0.1, -0.05) is 29.8 Å². The maximum Gasteiger partial charge on any atom is 0.269 e. The molecule has 3 rings (SSSR count). The van der Waals surface area contributed by atoms with Gasteiger partial charge in [0.15, 0.2) is 11.5 Å². The van der Waals surface area contributed by atoms with Crippen molar-refractivity contribution in [3.8, 4) is 17.6 Å². The molecule has 0 radical (unpaired) electrons. The Kier molecular flexibility index (Phi) is 8.23. The Balaban J connectivity index is 1.82. The Morgan fingerprint density at radius 1 is 1.20 bits per heavy atom. The van der Waals surface area contributed by atoms with Crippen LogP contribution < -0.4 is 14.8 Å². The first-order chi connectivity index (χ1) is 16.7. The van der Waals surface area contributed by atoms with E-state index in [1.807, 2.05) is 32.0 Å². The van der Waals surface area contributed by atoms with E-state index in [-0.39, 0.29) is 17.9 Å². The normalized spacial score (nSPS) is 10.9. The molecule has 0 aliphatic heterocycles. The number of carbonyl (C=O) groups excluding carboxylic acids is 1. The maximum absolute atomic E-state index is 12.7. The van der Waals surface area contributed by atoms with Gasteiger partial charge in [-0.05, 0) is 70.7 Å². The SMILES string of the molecule is COc1cc(/C=C(\C#N)C(=O)Nc2ccc(C)cc2C)cc(Br)c1OCc1cccc([N+](=O)[O-])c1. The van der Waals surface area contributed by atoms with Gasteiger partial charge in [0.1, 0.15) is 18.2 Å². The monoisotopic (exact) mass is 535 g/mol. The number of halogens is 1. The number of nitro groups is 1. The molecule has 0 heterocycles. The van der Waals surface area contributed by atoms with Crippen LogP contribution in [0.1, 0.15) is 22.3 Å². The summed E-state index contributed by atoms with van der Waals surface area (Å²) in [5, 5.41) is 23.3. The van der Waals surface area contributed by atoms with Crippen LogP contribution in [0.3, 0.4) is 0 Å². The van der Waals surface area contributed by atoms with Gasteiger partial charge in [-0.25, -0.2) is 0 Å². The fourth-order valence-corrected chi connectivity index (χ4v) is 3.91. The average molecular weight is 536 g/mol. The summed E-state index contributed by atoms with van der Waals surface area (Å²) in [7, 11) is 1.47. The molecule has 0 aliphatic rings. The minimum atomic E-state index is -0.527. The van der Waals surface area contributed by atoms with E-state index < -0.39 is 10.8 Å². The first kappa shape index (κ1) is 25.5. The molecule has 178 valence electrons. The van der Waals surface area contributed by atoms with Gasteiger partial charge in [0.2, 0.25) is 0 Å². The van der Waals surface area contributed by atoms with Crippen molar-refractivity contribution in [3.63, 3.8) is 0 Å². The second-order valence-corrected chi connectivity index (χ2v) is 8.55. The Hall–Kier alpha value is -4.16. The van der Waals surface area contributed by atoms with Crippen molar-refractivity contribution in [2.75, 3.05) is 12.4 Å². The van der Waals surface area contributed by atoms with Gasteiger partial charge < -0.3 is 14.8 Å². The third-order valence-corrected chi connectivity index (χ3v) is 5.65. The summed E-state index contributed by atoms with van der Waals surface area (Å²) in [4.78, 5) is 23.2. The molecule has 3 aromatic carbocycles. The van der Waals surface area contributed by atoms with Crippen LogP contribution in [0.4, 0.5) is 11.4 Å². The molecule has 0 aromatic heterocycles. The summed E-state index contributed by atoms with van der Waals surface area (Å²) >= 11 is 3.44. The molecule has 0 bridgehead atoms. The number of hydrogen-bond acceptors (Lipinski definition) is 6. The molecule has 3 aromatic rings. The summed E-state index contributed by atoms with van der Waals surface area (Å²) in [5.74, 6) is 0.220. The summed E-state index contributed by atoms with van der Waals surface area (Å²) in [6.07, 6.45) is 1.45. The van der Waals surface area contributed by atoms with Crippen molar-refractivity contribution >= 4 is 39.3 Å². The number of methoxy groups -OCH3 is 1. The smallest absolute Gasteiger partial charge is 0.269 e. The molecule has 0 saturated heterocycles. The van der Waals surface area contributed by atoms with E-state index in [9.17, 15) is 20.2 Å². The molecular weight excluding hydrogens is 514 g/mol. The molecule has 0 fully saturated rings. The molecule has 0 spiro atoms. The largest absolute Gasteiger partial charge is 0.493 e. The third kappa shape index (κ3) is 6.46. The number of anilines is 1. The second-order valence-electron chi connectivity index (χ2n) is 7.69. The molecule has 8 nitrogen and oxygen atoms in total. The molecule has 1 N–H and O–H groups in total. The van der Waals surface area contributed by atoms with Crippen LogP contribution in [0.15, 0.2) is 64.6 Å². The predicted molar refractivity (Wildman–Crippen MR) is 136 cm³/mol. The Labute approximate surface area is 211 Å². The third-order valence-electron chi connectivity index (χ3n) is 5.06. The lowest BCUT2D eigenvalue weighted by atomic mass is 10.1. The lowest BCUT2D eigenvalue weighted by Gasteiger charge is -2.14.